The first kappa shape index (κ1) is 17.4. The van der Waals surface area contributed by atoms with Crippen molar-refractivity contribution in [2.75, 3.05) is 13.1 Å². The van der Waals surface area contributed by atoms with Gasteiger partial charge >= 0.3 is 0 Å². The molecule has 4 unspecified atom stereocenters. The summed E-state index contributed by atoms with van der Waals surface area (Å²) in [6.07, 6.45) is 7.57. The fourth-order valence-electron chi connectivity index (χ4n) is 4.51. The second-order valence-corrected chi connectivity index (χ2v) is 7.60. The molecular formula is C19H27N5O2. The summed E-state index contributed by atoms with van der Waals surface area (Å²) in [4.78, 5) is 31.1. The lowest BCUT2D eigenvalue weighted by molar-refractivity contribution is -0.131. The Balaban J connectivity index is 1.29. The van der Waals surface area contributed by atoms with Crippen LogP contribution in [0.5, 0.6) is 0 Å². The number of aromatic nitrogens is 1. The van der Waals surface area contributed by atoms with Crippen LogP contribution in [0.3, 0.4) is 0 Å². The van der Waals surface area contributed by atoms with E-state index in [4.69, 9.17) is 0 Å². The number of nitrogens with zero attached hydrogens (tertiary/aromatic N) is 2. The highest BCUT2D eigenvalue weighted by atomic mass is 16.2. The van der Waals surface area contributed by atoms with Crippen LogP contribution in [0.15, 0.2) is 24.4 Å². The van der Waals surface area contributed by atoms with Crippen molar-refractivity contribution in [3.05, 3.63) is 30.1 Å². The van der Waals surface area contributed by atoms with E-state index in [0.29, 0.717) is 37.9 Å². The molecular weight excluding hydrogens is 330 g/mol. The van der Waals surface area contributed by atoms with E-state index >= 15 is 0 Å². The summed E-state index contributed by atoms with van der Waals surface area (Å²) in [7, 11) is 0. The first-order valence-corrected chi connectivity index (χ1v) is 9.70. The minimum Gasteiger partial charge on any atom is -0.355 e. The van der Waals surface area contributed by atoms with Gasteiger partial charge in [-0.25, -0.2) is 5.43 Å². The zero-order chi connectivity index (χ0) is 17.9. The van der Waals surface area contributed by atoms with Gasteiger partial charge in [0.15, 0.2) is 0 Å². The van der Waals surface area contributed by atoms with E-state index in [0.717, 1.165) is 18.5 Å². The molecule has 2 saturated heterocycles. The van der Waals surface area contributed by atoms with E-state index in [9.17, 15) is 9.59 Å². The van der Waals surface area contributed by atoms with E-state index in [2.05, 4.69) is 21.2 Å². The molecule has 1 aromatic rings. The molecule has 0 spiro atoms. The number of hydrazine groups is 1. The lowest BCUT2D eigenvalue weighted by Crippen LogP contribution is -2.48. The minimum absolute atomic E-state index is 0.0251. The van der Waals surface area contributed by atoms with E-state index in [1.54, 1.807) is 6.20 Å². The second kappa shape index (κ2) is 7.72. The minimum atomic E-state index is -0.254. The molecule has 3 aliphatic rings. The molecule has 26 heavy (non-hydrogen) atoms. The summed E-state index contributed by atoms with van der Waals surface area (Å²) in [6.45, 7) is 1.06. The first-order chi connectivity index (χ1) is 12.7. The molecule has 7 heteroatoms. The van der Waals surface area contributed by atoms with Crippen LogP contribution in [0.2, 0.25) is 0 Å². The van der Waals surface area contributed by atoms with Gasteiger partial charge in [0, 0.05) is 49.8 Å². The summed E-state index contributed by atoms with van der Waals surface area (Å²) in [5.74, 6) is 0.262. The Kier molecular flexibility index (Phi) is 5.17. The number of hydrogen-bond acceptors (Lipinski definition) is 5. The Morgan fingerprint density at radius 2 is 2.15 bits per heavy atom. The van der Waals surface area contributed by atoms with Crippen LogP contribution in [-0.4, -0.2) is 47.0 Å². The Morgan fingerprint density at radius 3 is 3.00 bits per heavy atom. The summed E-state index contributed by atoms with van der Waals surface area (Å²) in [5, 5.41) is 2.97. The Labute approximate surface area is 153 Å². The van der Waals surface area contributed by atoms with Crippen LogP contribution in [-0.2, 0) is 16.0 Å². The standard InChI is InChI=1S/C19H27N5O2/c25-17-11-13(19(26)21-10-8-14-5-3-4-9-20-14)12-24(17)18-15-6-1-2-7-16(15)22-23-18/h3-5,9,13,15-16,18,22-23H,1-2,6-8,10-12H2,(H,21,26). The molecule has 2 amide bonds. The van der Waals surface area contributed by atoms with E-state index < -0.39 is 0 Å². The number of rotatable bonds is 5. The number of amides is 2. The van der Waals surface area contributed by atoms with Gasteiger partial charge in [-0.2, -0.15) is 0 Å². The third-order valence-electron chi connectivity index (χ3n) is 5.91. The van der Waals surface area contributed by atoms with Gasteiger partial charge in [-0.05, 0) is 25.0 Å². The average molecular weight is 357 g/mol. The van der Waals surface area contributed by atoms with Crippen molar-refractivity contribution < 1.29 is 9.59 Å². The molecule has 1 aromatic heterocycles. The fraction of sp³-hybridized carbons (Fsp3) is 0.632. The molecule has 3 heterocycles. The number of carbonyl (C=O) groups excluding carboxylic acids is 2. The van der Waals surface area contributed by atoms with Crippen molar-refractivity contribution in [1.82, 2.24) is 26.1 Å². The van der Waals surface area contributed by atoms with Gasteiger partial charge in [0.2, 0.25) is 11.8 Å². The third kappa shape index (κ3) is 3.59. The van der Waals surface area contributed by atoms with E-state index in [1.807, 2.05) is 23.1 Å². The Hall–Kier alpha value is -1.99. The quantitative estimate of drug-likeness (QED) is 0.718. The lowest BCUT2D eigenvalue weighted by atomic mass is 9.84. The van der Waals surface area contributed by atoms with Crippen molar-refractivity contribution in [1.29, 1.82) is 0 Å². The topological polar surface area (TPSA) is 86.4 Å². The molecule has 2 aliphatic heterocycles. The number of hydrogen-bond donors (Lipinski definition) is 3. The van der Waals surface area contributed by atoms with Crippen molar-refractivity contribution in [3.63, 3.8) is 0 Å². The van der Waals surface area contributed by atoms with E-state index in [-0.39, 0.29) is 23.9 Å². The maximum absolute atomic E-state index is 12.5. The number of likely N-dealkylation sites (tertiary alicyclic amines) is 1. The molecule has 1 saturated carbocycles. The molecule has 0 radical (unpaired) electrons. The number of pyridine rings is 1. The Bertz CT molecular complexity index is 653. The number of fused-ring (bicyclic) bond motifs is 1. The molecule has 7 nitrogen and oxygen atoms in total. The molecule has 140 valence electrons. The van der Waals surface area contributed by atoms with Crippen LogP contribution in [0.1, 0.15) is 37.8 Å². The molecule has 3 fully saturated rings. The molecule has 1 aliphatic carbocycles. The van der Waals surface area contributed by atoms with Gasteiger partial charge in [0.1, 0.15) is 0 Å². The lowest BCUT2D eigenvalue weighted by Gasteiger charge is -2.32. The maximum atomic E-state index is 12.5. The monoisotopic (exact) mass is 357 g/mol. The maximum Gasteiger partial charge on any atom is 0.225 e. The first-order valence-electron chi connectivity index (χ1n) is 9.70. The molecule has 0 aromatic carbocycles. The zero-order valence-corrected chi connectivity index (χ0v) is 15.0. The van der Waals surface area contributed by atoms with Gasteiger partial charge in [0.25, 0.3) is 0 Å². The predicted molar refractivity (Wildman–Crippen MR) is 96.6 cm³/mol. The third-order valence-corrected chi connectivity index (χ3v) is 5.91. The predicted octanol–water partition coefficient (Wildman–Crippen LogP) is 0.582. The van der Waals surface area contributed by atoms with Crippen molar-refractivity contribution in [2.24, 2.45) is 11.8 Å². The number of nitrogens with one attached hydrogen (secondary N) is 3. The smallest absolute Gasteiger partial charge is 0.225 e. The summed E-state index contributed by atoms with van der Waals surface area (Å²) in [6, 6.07) is 6.22. The van der Waals surface area contributed by atoms with E-state index in [1.165, 1.54) is 12.8 Å². The van der Waals surface area contributed by atoms with Crippen LogP contribution >= 0.6 is 0 Å². The normalized spacial score (nSPS) is 31.1. The van der Waals surface area contributed by atoms with Crippen LogP contribution in [0, 0.1) is 11.8 Å². The highest BCUT2D eigenvalue weighted by Gasteiger charge is 2.46. The molecule has 4 rings (SSSR count). The zero-order valence-electron chi connectivity index (χ0n) is 15.0. The van der Waals surface area contributed by atoms with Gasteiger partial charge in [0.05, 0.1) is 12.1 Å². The average Bonchev–Trinajstić information content (AvgIpc) is 3.26. The van der Waals surface area contributed by atoms with Gasteiger partial charge in [-0.1, -0.05) is 18.9 Å². The van der Waals surface area contributed by atoms with Crippen molar-refractivity contribution in [3.8, 4) is 0 Å². The molecule has 4 atom stereocenters. The fourth-order valence-corrected chi connectivity index (χ4v) is 4.51. The Morgan fingerprint density at radius 1 is 1.27 bits per heavy atom. The SMILES string of the molecule is O=C(NCCc1ccccn1)C1CC(=O)N(C2NNC3CCCCC32)C1. The highest BCUT2D eigenvalue weighted by molar-refractivity contribution is 5.89. The summed E-state index contributed by atoms with van der Waals surface area (Å²) >= 11 is 0. The van der Waals surface area contributed by atoms with Gasteiger partial charge < -0.3 is 10.2 Å². The van der Waals surface area contributed by atoms with Crippen molar-refractivity contribution >= 4 is 11.8 Å². The molecule has 0 bridgehead atoms. The largest absolute Gasteiger partial charge is 0.355 e. The van der Waals surface area contributed by atoms with Gasteiger partial charge in [-0.15, -0.1) is 0 Å². The number of carbonyl (C=O) groups is 2. The van der Waals surface area contributed by atoms with Crippen LogP contribution in [0.4, 0.5) is 0 Å². The van der Waals surface area contributed by atoms with Crippen LogP contribution < -0.4 is 16.2 Å². The second-order valence-electron chi connectivity index (χ2n) is 7.60. The van der Waals surface area contributed by atoms with Gasteiger partial charge in [-0.3, -0.25) is 20.0 Å². The molecule has 3 N–H and O–H groups in total. The van der Waals surface area contributed by atoms with Crippen LogP contribution in [0.25, 0.3) is 0 Å². The highest BCUT2D eigenvalue weighted by Crippen LogP contribution is 2.34. The summed E-state index contributed by atoms with van der Waals surface area (Å²) in [5.41, 5.74) is 7.62. The summed E-state index contributed by atoms with van der Waals surface area (Å²) < 4.78 is 0. The van der Waals surface area contributed by atoms with Crippen molar-refractivity contribution in [2.45, 2.75) is 50.7 Å².